The van der Waals surface area contributed by atoms with Gasteiger partial charge in [0.2, 0.25) is 0 Å². The largest absolute Gasteiger partial charge is 0.346 e. The van der Waals surface area contributed by atoms with E-state index >= 15 is 0 Å². The highest BCUT2D eigenvalue weighted by Crippen LogP contribution is 2.29. The number of nitrogens with one attached hydrogen (secondary N) is 2. The molecule has 9 heteroatoms. The minimum Gasteiger partial charge on any atom is -0.346 e. The molecule has 0 unspecified atom stereocenters. The van der Waals surface area contributed by atoms with Crippen LogP contribution in [0.25, 0.3) is 22.2 Å². The van der Waals surface area contributed by atoms with Crippen molar-refractivity contribution in [1.29, 1.82) is 0 Å². The van der Waals surface area contributed by atoms with Crippen molar-refractivity contribution < 1.29 is 10.0 Å². The second-order valence-electron chi connectivity index (χ2n) is 7.33. The van der Waals surface area contributed by atoms with Gasteiger partial charge in [0, 0.05) is 47.5 Å². The summed E-state index contributed by atoms with van der Waals surface area (Å²) in [6.45, 7) is 0.450. The Morgan fingerprint density at radius 3 is 2.55 bits per heavy atom. The van der Waals surface area contributed by atoms with Crippen LogP contribution >= 0.6 is 0 Å². The first-order valence-electron chi connectivity index (χ1n) is 10.2. The molecule has 0 bridgehead atoms. The zero-order chi connectivity index (χ0) is 22.6. The summed E-state index contributed by atoms with van der Waals surface area (Å²) in [5.41, 5.74) is 5.72. The number of nitrogens with zero attached hydrogens (tertiary/aromatic N) is 5. The van der Waals surface area contributed by atoms with Crippen molar-refractivity contribution in [3.8, 4) is 11.1 Å². The van der Waals surface area contributed by atoms with Gasteiger partial charge in [-0.1, -0.05) is 12.1 Å². The van der Waals surface area contributed by atoms with Crippen LogP contribution in [0, 0.1) is 0 Å². The molecule has 0 aliphatic carbocycles. The molecule has 3 N–H and O–H groups in total. The molecule has 9 nitrogen and oxygen atoms in total. The summed E-state index contributed by atoms with van der Waals surface area (Å²) >= 11 is 0. The Morgan fingerprint density at radius 1 is 0.909 bits per heavy atom. The molecule has 1 amide bonds. The highest BCUT2D eigenvalue weighted by molar-refractivity contribution is 5.93. The van der Waals surface area contributed by atoms with Gasteiger partial charge < -0.3 is 9.88 Å². The summed E-state index contributed by atoms with van der Waals surface area (Å²) in [4.78, 5) is 34.4. The van der Waals surface area contributed by atoms with Crippen molar-refractivity contribution in [2.45, 2.75) is 6.54 Å². The quantitative estimate of drug-likeness (QED) is 0.272. The van der Waals surface area contributed by atoms with Gasteiger partial charge in [-0.25, -0.2) is 20.4 Å². The van der Waals surface area contributed by atoms with Crippen molar-refractivity contribution in [3.05, 3.63) is 96.8 Å². The lowest BCUT2D eigenvalue weighted by Gasteiger charge is -2.23. The zero-order valence-corrected chi connectivity index (χ0v) is 17.4. The predicted octanol–water partition coefficient (Wildman–Crippen LogP) is 3.87. The first kappa shape index (κ1) is 20.3. The van der Waals surface area contributed by atoms with Crippen molar-refractivity contribution in [2.24, 2.45) is 0 Å². The molecule has 0 aliphatic rings. The van der Waals surface area contributed by atoms with Gasteiger partial charge in [0.1, 0.15) is 11.5 Å². The fourth-order valence-corrected chi connectivity index (χ4v) is 3.56. The molecular weight excluding hydrogens is 418 g/mol. The van der Waals surface area contributed by atoms with E-state index in [1.807, 2.05) is 47.6 Å². The summed E-state index contributed by atoms with van der Waals surface area (Å²) in [6, 6.07) is 14.9. The first-order valence-corrected chi connectivity index (χ1v) is 10.2. The summed E-state index contributed by atoms with van der Waals surface area (Å²) in [5, 5.41) is 9.86. The third-order valence-corrected chi connectivity index (χ3v) is 5.24. The lowest BCUT2D eigenvalue weighted by Crippen LogP contribution is -2.20. The second kappa shape index (κ2) is 8.85. The average molecular weight is 437 g/mol. The van der Waals surface area contributed by atoms with Crippen molar-refractivity contribution >= 4 is 28.6 Å². The zero-order valence-electron chi connectivity index (χ0n) is 17.4. The third-order valence-electron chi connectivity index (χ3n) is 5.24. The Balaban J connectivity index is 1.50. The minimum absolute atomic E-state index is 0.361. The molecule has 0 fully saturated rings. The molecule has 0 spiro atoms. The number of hydroxylamine groups is 1. The number of carbonyl (C=O) groups excluding carboxylic acids is 1. The van der Waals surface area contributed by atoms with E-state index in [2.05, 4.69) is 31.0 Å². The van der Waals surface area contributed by atoms with Gasteiger partial charge in [-0.15, -0.1) is 0 Å². The molecule has 162 valence electrons. The average Bonchev–Trinajstić information content (AvgIpc) is 3.36. The Labute approximate surface area is 188 Å². The van der Waals surface area contributed by atoms with Crippen molar-refractivity contribution in [3.63, 3.8) is 0 Å². The third kappa shape index (κ3) is 4.25. The van der Waals surface area contributed by atoms with E-state index in [1.54, 1.807) is 42.4 Å². The molecule has 4 heterocycles. The van der Waals surface area contributed by atoms with Gasteiger partial charge in [0.25, 0.3) is 5.91 Å². The molecule has 0 radical (unpaired) electrons. The van der Waals surface area contributed by atoms with E-state index in [1.165, 1.54) is 0 Å². The van der Waals surface area contributed by atoms with Crippen LogP contribution in [-0.4, -0.2) is 36.0 Å². The van der Waals surface area contributed by atoms with Crippen LogP contribution in [0.15, 0.2) is 85.7 Å². The van der Waals surface area contributed by atoms with E-state index in [0.717, 1.165) is 27.7 Å². The number of amides is 1. The highest BCUT2D eigenvalue weighted by Gasteiger charge is 2.15. The molecule has 5 aromatic rings. The number of aromatic amines is 1. The van der Waals surface area contributed by atoms with Crippen LogP contribution in [0.3, 0.4) is 0 Å². The number of pyridine rings is 2. The molecular formula is C24H19N7O2. The molecule has 0 saturated carbocycles. The normalized spacial score (nSPS) is 10.8. The van der Waals surface area contributed by atoms with E-state index < -0.39 is 5.91 Å². The van der Waals surface area contributed by atoms with Gasteiger partial charge in [0.05, 0.1) is 12.7 Å². The number of aromatic nitrogens is 5. The molecule has 0 aliphatic heterocycles. The van der Waals surface area contributed by atoms with Crippen LogP contribution in [-0.2, 0) is 6.54 Å². The topological polar surface area (TPSA) is 120 Å². The Bertz CT molecular complexity index is 1400. The monoisotopic (exact) mass is 437 g/mol. The van der Waals surface area contributed by atoms with Crippen LogP contribution in [0.1, 0.15) is 15.9 Å². The highest BCUT2D eigenvalue weighted by atomic mass is 16.5. The van der Waals surface area contributed by atoms with Crippen molar-refractivity contribution in [1.82, 2.24) is 30.4 Å². The summed E-state index contributed by atoms with van der Waals surface area (Å²) in [5.74, 6) is 0.771. The maximum atomic E-state index is 11.6. The fraction of sp³-hybridized carbons (Fsp3) is 0.0417. The SMILES string of the molecule is O=C(NO)c1ccc(CN(c2cnccn2)c2cc(-c3cnc4[nH]ccc4c3)ccn2)cc1. The van der Waals surface area contributed by atoms with Crippen molar-refractivity contribution in [2.75, 3.05) is 4.90 Å². The smallest absolute Gasteiger partial charge is 0.274 e. The summed E-state index contributed by atoms with van der Waals surface area (Å²) in [7, 11) is 0. The number of carbonyl (C=O) groups is 1. The Kier molecular flexibility index (Phi) is 5.44. The minimum atomic E-state index is -0.560. The fourth-order valence-electron chi connectivity index (χ4n) is 3.56. The maximum absolute atomic E-state index is 11.6. The number of hydrogen-bond acceptors (Lipinski definition) is 7. The van der Waals surface area contributed by atoms with E-state index in [9.17, 15) is 4.79 Å². The lowest BCUT2D eigenvalue weighted by molar-refractivity contribution is 0.0706. The molecule has 5 rings (SSSR count). The lowest BCUT2D eigenvalue weighted by atomic mass is 10.1. The van der Waals surface area contributed by atoms with Crippen LogP contribution in [0.5, 0.6) is 0 Å². The van der Waals surface area contributed by atoms with Gasteiger partial charge in [-0.3, -0.25) is 15.0 Å². The van der Waals surface area contributed by atoms with Crippen LogP contribution in [0.2, 0.25) is 0 Å². The molecule has 1 aromatic carbocycles. The van der Waals surface area contributed by atoms with Gasteiger partial charge in [-0.2, -0.15) is 0 Å². The number of anilines is 2. The van der Waals surface area contributed by atoms with Crippen LogP contribution in [0.4, 0.5) is 11.6 Å². The van der Waals surface area contributed by atoms with E-state index in [-0.39, 0.29) is 0 Å². The van der Waals surface area contributed by atoms with Gasteiger partial charge >= 0.3 is 0 Å². The standard InChI is InChI=1S/C24H19N7O2/c32-24(30-33)17-3-1-16(2-4-17)15-31(22-14-25-9-10-27-22)21-12-18(5-7-26-21)20-11-19-6-8-28-23(19)29-13-20/h1-14,33H,15H2,(H,28,29)(H,30,32). The van der Waals surface area contributed by atoms with E-state index in [4.69, 9.17) is 5.21 Å². The number of H-pyrrole nitrogens is 1. The van der Waals surface area contributed by atoms with Crippen LogP contribution < -0.4 is 10.4 Å². The summed E-state index contributed by atoms with van der Waals surface area (Å²) in [6.07, 6.45) is 10.4. The van der Waals surface area contributed by atoms with Gasteiger partial charge in [-0.05, 0) is 47.5 Å². The molecule has 4 aromatic heterocycles. The number of fused-ring (bicyclic) bond motifs is 1. The summed E-state index contributed by atoms with van der Waals surface area (Å²) < 4.78 is 0. The second-order valence-corrected chi connectivity index (χ2v) is 7.33. The molecule has 0 saturated heterocycles. The Morgan fingerprint density at radius 2 is 1.76 bits per heavy atom. The first-order chi connectivity index (χ1) is 16.2. The molecule has 0 atom stereocenters. The van der Waals surface area contributed by atoms with E-state index in [0.29, 0.717) is 23.7 Å². The number of benzene rings is 1. The number of rotatable bonds is 6. The number of hydrogen-bond donors (Lipinski definition) is 3. The maximum Gasteiger partial charge on any atom is 0.274 e. The predicted molar refractivity (Wildman–Crippen MR) is 123 cm³/mol. The molecule has 33 heavy (non-hydrogen) atoms. The van der Waals surface area contributed by atoms with Gasteiger partial charge in [0.15, 0.2) is 5.82 Å². The Hall–Kier alpha value is -4.63.